The quantitative estimate of drug-likeness (QED) is 0.841. The van der Waals surface area contributed by atoms with Gasteiger partial charge in [0, 0.05) is 30.7 Å². The number of nitrogens with zero attached hydrogens (tertiary/aromatic N) is 2. The van der Waals surface area contributed by atoms with Crippen LogP contribution in [0.4, 0.5) is 0 Å². The third-order valence-corrected chi connectivity index (χ3v) is 4.70. The van der Waals surface area contributed by atoms with Crippen molar-refractivity contribution in [1.29, 1.82) is 0 Å². The molecule has 1 atom stereocenters. The maximum atomic E-state index is 12.5. The molecule has 20 heavy (non-hydrogen) atoms. The molecule has 1 aromatic carbocycles. The Morgan fingerprint density at radius 2 is 1.90 bits per heavy atom. The molecule has 1 aliphatic heterocycles. The summed E-state index contributed by atoms with van der Waals surface area (Å²) in [7, 11) is 0. The van der Waals surface area contributed by atoms with Crippen LogP contribution in [0.5, 0.6) is 0 Å². The fourth-order valence-electron chi connectivity index (χ4n) is 2.30. The maximum Gasteiger partial charge on any atom is 0.255 e. The van der Waals surface area contributed by atoms with Gasteiger partial charge in [-0.25, -0.2) is 0 Å². The number of halogens is 1. The summed E-state index contributed by atoms with van der Waals surface area (Å²) in [6.45, 7) is 5.01. The van der Waals surface area contributed by atoms with E-state index in [0.29, 0.717) is 23.6 Å². The molecule has 2 N–H and O–H groups in total. The van der Waals surface area contributed by atoms with Gasteiger partial charge in [-0.05, 0) is 35.0 Å². The Hall–Kier alpha value is -0.980. The van der Waals surface area contributed by atoms with E-state index in [0.717, 1.165) is 17.6 Å². The van der Waals surface area contributed by atoms with Gasteiger partial charge in [0.1, 0.15) is 0 Å². The summed E-state index contributed by atoms with van der Waals surface area (Å²) in [5.41, 5.74) is 6.39. The zero-order valence-corrected chi connectivity index (χ0v) is 13.8. The molecule has 4 nitrogen and oxygen atoms in total. The Morgan fingerprint density at radius 1 is 1.30 bits per heavy atom. The number of hydrogen-bond donors (Lipinski definition) is 1. The summed E-state index contributed by atoms with van der Waals surface area (Å²) in [6.07, 6.45) is 0. The normalized spacial score (nSPS) is 17.8. The Balaban J connectivity index is 1.99. The van der Waals surface area contributed by atoms with Gasteiger partial charge in [0.25, 0.3) is 5.91 Å². The monoisotopic (exact) mass is 355 g/mol. The molecular weight excluding hydrogens is 338 g/mol. The first-order valence-corrected chi connectivity index (χ1v) is 7.78. The Morgan fingerprint density at radius 3 is 2.45 bits per heavy atom. The summed E-state index contributed by atoms with van der Waals surface area (Å²) in [6, 6.07) is 7.60. The Bertz CT molecular complexity index is 515. The molecule has 108 valence electrons. The largest absolute Gasteiger partial charge is 0.392 e. The average molecular weight is 356 g/mol. The lowest BCUT2D eigenvalue weighted by atomic mass is 10.1. The summed E-state index contributed by atoms with van der Waals surface area (Å²) < 4.78 is 0.837. The van der Waals surface area contributed by atoms with Crippen molar-refractivity contribution in [1.82, 2.24) is 9.80 Å². The summed E-state index contributed by atoms with van der Waals surface area (Å²) in [5.74, 6) is 0.0695. The topological polar surface area (TPSA) is 49.6 Å². The number of carbonyl (C=O) groups excluding carboxylic acids is 1. The Labute approximate surface area is 133 Å². The van der Waals surface area contributed by atoms with Gasteiger partial charge < -0.3 is 10.6 Å². The standard InChI is InChI=1S/C14H18BrN3OS/c1-10(13(16)20)17-6-8-18(9-7-17)14(19)11-4-2-3-5-12(11)15/h2-5,10H,6-9H2,1H3,(H2,16,20). The molecule has 6 heteroatoms. The van der Waals surface area contributed by atoms with Crippen molar-refractivity contribution in [2.75, 3.05) is 26.2 Å². The third-order valence-electron chi connectivity index (χ3n) is 3.67. The van der Waals surface area contributed by atoms with Crippen molar-refractivity contribution in [3.05, 3.63) is 34.3 Å². The van der Waals surface area contributed by atoms with Crippen molar-refractivity contribution < 1.29 is 4.79 Å². The van der Waals surface area contributed by atoms with Crippen LogP contribution in [0.3, 0.4) is 0 Å². The molecule has 1 unspecified atom stereocenters. The molecule has 1 aromatic rings. The number of benzene rings is 1. The second-order valence-corrected chi connectivity index (χ2v) is 6.21. The molecule has 1 saturated heterocycles. The summed E-state index contributed by atoms with van der Waals surface area (Å²) >= 11 is 8.45. The first-order chi connectivity index (χ1) is 9.50. The molecule has 0 aliphatic carbocycles. The van der Waals surface area contributed by atoms with Crippen molar-refractivity contribution in [2.24, 2.45) is 5.73 Å². The molecular formula is C14H18BrN3OS. The van der Waals surface area contributed by atoms with Crippen LogP contribution < -0.4 is 5.73 Å². The van der Waals surface area contributed by atoms with Crippen LogP contribution in [-0.4, -0.2) is 52.9 Å². The second-order valence-electron chi connectivity index (χ2n) is 4.89. The number of carbonyl (C=O) groups is 1. The number of rotatable bonds is 3. The minimum atomic E-state index is 0.0695. The predicted octanol–water partition coefficient (Wildman–Crippen LogP) is 1.88. The lowest BCUT2D eigenvalue weighted by molar-refractivity contribution is 0.0621. The van der Waals surface area contributed by atoms with Crippen LogP contribution in [0.15, 0.2) is 28.7 Å². The first-order valence-electron chi connectivity index (χ1n) is 6.58. The first kappa shape index (κ1) is 15.4. The van der Waals surface area contributed by atoms with E-state index in [-0.39, 0.29) is 11.9 Å². The lowest BCUT2D eigenvalue weighted by Crippen LogP contribution is -2.54. The van der Waals surface area contributed by atoms with E-state index in [1.165, 1.54) is 0 Å². The zero-order valence-electron chi connectivity index (χ0n) is 11.4. The number of nitrogens with two attached hydrogens (primary N) is 1. The smallest absolute Gasteiger partial charge is 0.255 e. The fraction of sp³-hybridized carbons (Fsp3) is 0.429. The highest BCUT2D eigenvalue weighted by Gasteiger charge is 2.26. The minimum Gasteiger partial charge on any atom is -0.392 e. The number of amides is 1. The van der Waals surface area contributed by atoms with Gasteiger partial charge in [0.05, 0.1) is 16.6 Å². The zero-order chi connectivity index (χ0) is 14.7. The third kappa shape index (κ3) is 3.37. The molecule has 0 radical (unpaired) electrons. The molecule has 1 fully saturated rings. The van der Waals surface area contributed by atoms with Crippen LogP contribution in [0.1, 0.15) is 17.3 Å². The van der Waals surface area contributed by atoms with Gasteiger partial charge in [-0.15, -0.1) is 0 Å². The van der Waals surface area contributed by atoms with Gasteiger partial charge in [-0.1, -0.05) is 24.4 Å². The molecule has 2 rings (SSSR count). The van der Waals surface area contributed by atoms with Crippen LogP contribution >= 0.6 is 28.1 Å². The van der Waals surface area contributed by atoms with E-state index in [4.69, 9.17) is 18.0 Å². The van der Waals surface area contributed by atoms with Gasteiger partial charge in [-0.2, -0.15) is 0 Å². The average Bonchev–Trinajstić information content (AvgIpc) is 2.46. The highest BCUT2D eigenvalue weighted by Crippen LogP contribution is 2.19. The molecule has 1 heterocycles. The SMILES string of the molecule is CC(C(N)=S)N1CCN(C(=O)c2ccccc2Br)CC1. The predicted molar refractivity (Wildman–Crippen MR) is 87.9 cm³/mol. The number of thiocarbonyl (C=S) groups is 1. The van der Waals surface area contributed by atoms with E-state index in [2.05, 4.69) is 20.8 Å². The van der Waals surface area contributed by atoms with Crippen LogP contribution in [0.25, 0.3) is 0 Å². The summed E-state index contributed by atoms with van der Waals surface area (Å²) in [4.78, 5) is 17.1. The molecule has 1 aliphatic rings. The molecule has 0 aromatic heterocycles. The Kier molecular flexibility index (Phi) is 5.12. The van der Waals surface area contributed by atoms with Gasteiger partial charge in [0.2, 0.25) is 0 Å². The van der Waals surface area contributed by atoms with Gasteiger partial charge >= 0.3 is 0 Å². The second kappa shape index (κ2) is 6.65. The van der Waals surface area contributed by atoms with Gasteiger partial charge in [-0.3, -0.25) is 9.69 Å². The van der Waals surface area contributed by atoms with E-state index < -0.39 is 0 Å². The van der Waals surface area contributed by atoms with Crippen molar-refractivity contribution >= 4 is 39.0 Å². The number of piperazine rings is 1. The van der Waals surface area contributed by atoms with Gasteiger partial charge in [0.15, 0.2) is 0 Å². The van der Waals surface area contributed by atoms with Crippen LogP contribution in [-0.2, 0) is 0 Å². The molecule has 1 amide bonds. The highest BCUT2D eigenvalue weighted by molar-refractivity contribution is 9.10. The maximum absolute atomic E-state index is 12.5. The van der Waals surface area contributed by atoms with Crippen molar-refractivity contribution in [3.63, 3.8) is 0 Å². The number of hydrogen-bond acceptors (Lipinski definition) is 3. The van der Waals surface area contributed by atoms with Crippen LogP contribution in [0.2, 0.25) is 0 Å². The fourth-order valence-corrected chi connectivity index (χ4v) is 2.90. The van der Waals surface area contributed by atoms with E-state index >= 15 is 0 Å². The molecule has 0 saturated carbocycles. The summed E-state index contributed by atoms with van der Waals surface area (Å²) in [5, 5.41) is 0. The molecule has 0 spiro atoms. The lowest BCUT2D eigenvalue weighted by Gasteiger charge is -2.37. The minimum absolute atomic E-state index is 0.0695. The van der Waals surface area contributed by atoms with E-state index in [1.807, 2.05) is 36.1 Å². The molecule has 0 bridgehead atoms. The van der Waals surface area contributed by atoms with Crippen molar-refractivity contribution in [3.8, 4) is 0 Å². The highest BCUT2D eigenvalue weighted by atomic mass is 79.9. The van der Waals surface area contributed by atoms with E-state index in [9.17, 15) is 4.79 Å². The van der Waals surface area contributed by atoms with Crippen LogP contribution in [0, 0.1) is 0 Å². The van der Waals surface area contributed by atoms with E-state index in [1.54, 1.807) is 0 Å². The van der Waals surface area contributed by atoms with Crippen molar-refractivity contribution in [2.45, 2.75) is 13.0 Å².